The zero-order valence-electron chi connectivity index (χ0n) is 14.0. The standard InChI is InChI=1S/C16H27N3O4/c1-3-23-16(22)19-10-8-18(9-11-19)15(21)14(20)17-13-7-5-4-6-12(13)2/h12-13H,3-11H2,1-2H3,(H,17,20). The minimum atomic E-state index is -0.520. The van der Waals surface area contributed by atoms with E-state index < -0.39 is 11.8 Å². The van der Waals surface area contributed by atoms with Crippen molar-refractivity contribution in [3.8, 4) is 0 Å². The van der Waals surface area contributed by atoms with Crippen molar-refractivity contribution < 1.29 is 19.1 Å². The van der Waals surface area contributed by atoms with Gasteiger partial charge < -0.3 is 19.9 Å². The second-order valence-electron chi connectivity index (χ2n) is 6.32. The molecule has 1 heterocycles. The molecule has 1 saturated carbocycles. The van der Waals surface area contributed by atoms with E-state index in [1.807, 2.05) is 0 Å². The average molecular weight is 325 g/mol. The molecule has 0 aromatic carbocycles. The Hall–Kier alpha value is -1.79. The van der Waals surface area contributed by atoms with Crippen molar-refractivity contribution in [2.24, 2.45) is 5.92 Å². The van der Waals surface area contributed by atoms with Gasteiger partial charge in [-0.2, -0.15) is 0 Å². The fraction of sp³-hybridized carbons (Fsp3) is 0.812. The molecule has 3 amide bonds. The summed E-state index contributed by atoms with van der Waals surface area (Å²) in [5.41, 5.74) is 0. The first-order valence-corrected chi connectivity index (χ1v) is 8.54. The molecule has 7 nitrogen and oxygen atoms in total. The van der Waals surface area contributed by atoms with Crippen LogP contribution in [0.15, 0.2) is 0 Å². The van der Waals surface area contributed by atoms with Gasteiger partial charge in [0.2, 0.25) is 0 Å². The highest BCUT2D eigenvalue weighted by atomic mass is 16.6. The fourth-order valence-electron chi connectivity index (χ4n) is 3.21. The Morgan fingerprint density at radius 1 is 1.04 bits per heavy atom. The smallest absolute Gasteiger partial charge is 0.409 e. The van der Waals surface area contributed by atoms with Crippen molar-refractivity contribution in [3.63, 3.8) is 0 Å². The quantitative estimate of drug-likeness (QED) is 0.768. The number of piperazine rings is 1. The van der Waals surface area contributed by atoms with Gasteiger partial charge in [-0.25, -0.2) is 4.79 Å². The van der Waals surface area contributed by atoms with Crippen LogP contribution in [0, 0.1) is 5.92 Å². The maximum Gasteiger partial charge on any atom is 0.409 e. The predicted molar refractivity (Wildman–Crippen MR) is 84.7 cm³/mol. The third-order valence-electron chi connectivity index (χ3n) is 4.72. The van der Waals surface area contributed by atoms with Crippen LogP contribution in [0.5, 0.6) is 0 Å². The molecule has 130 valence electrons. The van der Waals surface area contributed by atoms with Crippen molar-refractivity contribution in [1.29, 1.82) is 0 Å². The molecule has 0 spiro atoms. The molecule has 0 bridgehead atoms. The van der Waals surface area contributed by atoms with Crippen molar-refractivity contribution in [1.82, 2.24) is 15.1 Å². The maximum atomic E-state index is 12.3. The van der Waals surface area contributed by atoms with Gasteiger partial charge in [-0.1, -0.05) is 19.8 Å². The molecule has 2 atom stereocenters. The van der Waals surface area contributed by atoms with E-state index in [4.69, 9.17) is 4.74 Å². The van der Waals surface area contributed by atoms with Crippen LogP contribution in [0.2, 0.25) is 0 Å². The highest BCUT2D eigenvalue weighted by Gasteiger charge is 2.31. The first-order chi connectivity index (χ1) is 11.0. The minimum Gasteiger partial charge on any atom is -0.450 e. The van der Waals surface area contributed by atoms with Crippen molar-refractivity contribution in [2.45, 2.75) is 45.6 Å². The molecule has 2 unspecified atom stereocenters. The number of hydrogen-bond acceptors (Lipinski definition) is 4. The normalized spacial score (nSPS) is 25.0. The number of carbonyl (C=O) groups excluding carboxylic acids is 3. The number of nitrogens with zero attached hydrogens (tertiary/aromatic N) is 2. The lowest BCUT2D eigenvalue weighted by Crippen LogP contribution is -2.55. The Bertz CT molecular complexity index is 447. The Morgan fingerprint density at radius 3 is 2.26 bits per heavy atom. The molecule has 23 heavy (non-hydrogen) atoms. The predicted octanol–water partition coefficient (Wildman–Crippen LogP) is 0.982. The van der Waals surface area contributed by atoms with E-state index in [-0.39, 0.29) is 12.1 Å². The summed E-state index contributed by atoms with van der Waals surface area (Å²) >= 11 is 0. The molecule has 0 aromatic heterocycles. The second-order valence-corrected chi connectivity index (χ2v) is 6.32. The first-order valence-electron chi connectivity index (χ1n) is 8.54. The molecule has 0 aromatic rings. The van der Waals surface area contributed by atoms with Crippen molar-refractivity contribution in [3.05, 3.63) is 0 Å². The van der Waals surface area contributed by atoms with Gasteiger partial charge >= 0.3 is 17.9 Å². The first kappa shape index (κ1) is 17.6. The number of hydrogen-bond donors (Lipinski definition) is 1. The molecule has 2 fully saturated rings. The van der Waals surface area contributed by atoms with Gasteiger partial charge in [0.15, 0.2) is 0 Å². The summed E-state index contributed by atoms with van der Waals surface area (Å²) in [4.78, 5) is 39.1. The van der Waals surface area contributed by atoms with E-state index in [0.717, 1.165) is 19.3 Å². The molecule has 1 N–H and O–H groups in total. The lowest BCUT2D eigenvalue weighted by atomic mass is 9.86. The summed E-state index contributed by atoms with van der Waals surface area (Å²) in [6, 6.07) is 0.0982. The molecule has 1 aliphatic heterocycles. The van der Waals surface area contributed by atoms with Crippen LogP contribution >= 0.6 is 0 Å². The van der Waals surface area contributed by atoms with E-state index in [2.05, 4.69) is 12.2 Å². The Morgan fingerprint density at radius 2 is 1.65 bits per heavy atom. The van der Waals surface area contributed by atoms with E-state index in [1.54, 1.807) is 11.8 Å². The zero-order valence-corrected chi connectivity index (χ0v) is 14.0. The van der Waals surface area contributed by atoms with Gasteiger partial charge in [0.05, 0.1) is 6.61 Å². The van der Waals surface area contributed by atoms with Gasteiger partial charge in [0, 0.05) is 32.2 Å². The molecule has 2 rings (SSSR count). The van der Waals surface area contributed by atoms with Gasteiger partial charge in [-0.3, -0.25) is 9.59 Å². The highest BCUT2D eigenvalue weighted by molar-refractivity contribution is 6.35. The Labute approximate surface area is 137 Å². The van der Waals surface area contributed by atoms with E-state index in [0.29, 0.717) is 38.7 Å². The number of carbonyl (C=O) groups is 3. The van der Waals surface area contributed by atoms with Crippen LogP contribution < -0.4 is 5.32 Å². The largest absolute Gasteiger partial charge is 0.450 e. The lowest BCUT2D eigenvalue weighted by Gasteiger charge is -2.34. The van der Waals surface area contributed by atoms with Crippen LogP contribution in [0.3, 0.4) is 0 Å². The third-order valence-corrected chi connectivity index (χ3v) is 4.72. The lowest BCUT2D eigenvalue weighted by molar-refractivity contribution is -0.147. The van der Waals surface area contributed by atoms with Crippen molar-refractivity contribution >= 4 is 17.9 Å². The molecule has 7 heteroatoms. The average Bonchev–Trinajstić information content (AvgIpc) is 2.56. The summed E-state index contributed by atoms with van der Waals surface area (Å²) < 4.78 is 4.94. The summed E-state index contributed by atoms with van der Waals surface area (Å²) in [6.45, 7) is 5.74. The van der Waals surface area contributed by atoms with Gasteiger partial charge in [-0.15, -0.1) is 0 Å². The van der Waals surface area contributed by atoms with E-state index in [1.165, 1.54) is 11.3 Å². The number of rotatable bonds is 2. The fourth-order valence-corrected chi connectivity index (χ4v) is 3.21. The van der Waals surface area contributed by atoms with Gasteiger partial charge in [-0.05, 0) is 25.7 Å². The monoisotopic (exact) mass is 325 g/mol. The Kier molecular flexibility index (Phi) is 6.24. The van der Waals surface area contributed by atoms with E-state index in [9.17, 15) is 14.4 Å². The van der Waals surface area contributed by atoms with Crippen LogP contribution in [-0.4, -0.2) is 66.5 Å². The third kappa shape index (κ3) is 4.59. The van der Waals surface area contributed by atoms with Crippen LogP contribution in [0.4, 0.5) is 4.79 Å². The molecule has 2 aliphatic rings. The zero-order chi connectivity index (χ0) is 16.8. The van der Waals surface area contributed by atoms with Crippen LogP contribution in [0.1, 0.15) is 39.5 Å². The van der Waals surface area contributed by atoms with Gasteiger partial charge in [0.25, 0.3) is 0 Å². The molecule has 1 aliphatic carbocycles. The molecular formula is C16H27N3O4. The summed E-state index contributed by atoms with van der Waals surface area (Å²) in [5.74, 6) is -0.597. The topological polar surface area (TPSA) is 79.0 Å². The number of nitrogens with one attached hydrogen (secondary N) is 1. The minimum absolute atomic E-state index is 0.0982. The van der Waals surface area contributed by atoms with Crippen LogP contribution in [0.25, 0.3) is 0 Å². The highest BCUT2D eigenvalue weighted by Crippen LogP contribution is 2.23. The van der Waals surface area contributed by atoms with Crippen molar-refractivity contribution in [2.75, 3.05) is 32.8 Å². The second kappa shape index (κ2) is 8.17. The molecular weight excluding hydrogens is 298 g/mol. The van der Waals surface area contributed by atoms with Crippen LogP contribution in [-0.2, 0) is 14.3 Å². The Balaban J connectivity index is 1.79. The number of amides is 3. The summed E-state index contributed by atoms with van der Waals surface area (Å²) in [5, 5.41) is 2.88. The molecule has 0 radical (unpaired) electrons. The van der Waals surface area contributed by atoms with Gasteiger partial charge in [0.1, 0.15) is 0 Å². The SMILES string of the molecule is CCOC(=O)N1CCN(C(=O)C(=O)NC2CCCCC2C)CC1. The number of ether oxygens (including phenoxy) is 1. The summed E-state index contributed by atoms with van der Waals surface area (Å²) in [6.07, 6.45) is 3.97. The summed E-state index contributed by atoms with van der Waals surface area (Å²) in [7, 11) is 0. The maximum absolute atomic E-state index is 12.3. The molecule has 1 saturated heterocycles. The van der Waals surface area contributed by atoms with E-state index >= 15 is 0 Å².